The maximum atomic E-state index is 6.25. The Labute approximate surface area is 190 Å². The standard InChI is InChI=1S/C22H23Cl2N3O2S/c23-17-6-7-19(21-20(17)18(24)10-25-21)26-30-16-4-2-15(3-5-16)29-9-1-8-27-11-22(12-27)13-28-14-22/h2-7,10,25-26H,1,8-9,11-14H2. The van der Waals surface area contributed by atoms with Gasteiger partial charge in [-0.05, 0) is 54.8 Å². The Morgan fingerprint density at radius 2 is 1.90 bits per heavy atom. The van der Waals surface area contributed by atoms with Crippen LogP contribution < -0.4 is 9.46 Å². The molecule has 2 aromatic carbocycles. The molecular formula is C22H23Cl2N3O2S. The summed E-state index contributed by atoms with van der Waals surface area (Å²) in [4.78, 5) is 6.76. The molecule has 0 atom stereocenters. The number of aromatic amines is 1. The highest BCUT2D eigenvalue weighted by atomic mass is 35.5. The molecular weight excluding hydrogens is 441 g/mol. The first kappa shape index (κ1) is 20.3. The van der Waals surface area contributed by atoms with E-state index < -0.39 is 0 Å². The van der Waals surface area contributed by atoms with Gasteiger partial charge >= 0.3 is 0 Å². The Bertz CT molecular complexity index is 1030. The van der Waals surface area contributed by atoms with Crippen LogP contribution in [0, 0.1) is 5.41 Å². The second kappa shape index (κ2) is 8.52. The highest BCUT2D eigenvalue weighted by Gasteiger charge is 2.48. The highest BCUT2D eigenvalue weighted by Crippen LogP contribution is 2.38. The van der Waals surface area contributed by atoms with Crippen LogP contribution in [0.15, 0.2) is 47.5 Å². The number of H-pyrrole nitrogens is 1. The number of hydrogen-bond donors (Lipinski definition) is 2. The zero-order chi connectivity index (χ0) is 20.6. The van der Waals surface area contributed by atoms with Gasteiger partial charge in [-0.2, -0.15) is 0 Å². The van der Waals surface area contributed by atoms with E-state index in [-0.39, 0.29) is 0 Å². The molecule has 5 nitrogen and oxygen atoms in total. The molecule has 2 N–H and O–H groups in total. The van der Waals surface area contributed by atoms with Gasteiger partial charge in [0.25, 0.3) is 0 Å². The molecule has 1 aromatic heterocycles. The second-order valence-electron chi connectivity index (χ2n) is 8.06. The van der Waals surface area contributed by atoms with E-state index in [0.717, 1.165) is 60.0 Å². The Balaban J connectivity index is 1.08. The summed E-state index contributed by atoms with van der Waals surface area (Å²) in [6, 6.07) is 11.9. The normalized spacial score (nSPS) is 17.7. The number of anilines is 1. The fraction of sp³-hybridized carbons (Fsp3) is 0.364. The van der Waals surface area contributed by atoms with E-state index in [1.54, 1.807) is 6.20 Å². The minimum atomic E-state index is 0.493. The van der Waals surface area contributed by atoms with Gasteiger partial charge in [0.15, 0.2) is 0 Å². The average Bonchev–Trinajstić information content (AvgIpc) is 3.08. The molecule has 2 fully saturated rings. The summed E-state index contributed by atoms with van der Waals surface area (Å²) >= 11 is 14.0. The van der Waals surface area contributed by atoms with E-state index in [4.69, 9.17) is 32.7 Å². The molecule has 1 spiro atoms. The minimum absolute atomic E-state index is 0.493. The third-order valence-corrected chi connectivity index (χ3v) is 7.10. The van der Waals surface area contributed by atoms with Gasteiger partial charge in [-0.25, -0.2) is 0 Å². The number of halogens is 2. The number of nitrogens with zero attached hydrogens (tertiary/aromatic N) is 1. The van der Waals surface area contributed by atoms with Crippen LogP contribution in [-0.4, -0.2) is 49.3 Å². The van der Waals surface area contributed by atoms with Gasteiger partial charge < -0.3 is 24.1 Å². The van der Waals surface area contributed by atoms with E-state index in [1.807, 2.05) is 24.3 Å². The number of aromatic nitrogens is 1. The first-order valence-corrected chi connectivity index (χ1v) is 11.6. The van der Waals surface area contributed by atoms with Crippen LogP contribution in [0.3, 0.4) is 0 Å². The SMILES string of the molecule is Clc1ccc(NSc2ccc(OCCCN3CC4(COC4)C3)cc2)c2[nH]cc(Cl)c12. The van der Waals surface area contributed by atoms with Crippen LogP contribution in [0.2, 0.25) is 10.0 Å². The molecule has 0 radical (unpaired) electrons. The lowest BCUT2D eigenvalue weighted by molar-refractivity contribution is -0.189. The molecule has 0 saturated carbocycles. The largest absolute Gasteiger partial charge is 0.494 e. The predicted molar refractivity (Wildman–Crippen MR) is 124 cm³/mol. The molecule has 0 aliphatic carbocycles. The zero-order valence-corrected chi connectivity index (χ0v) is 18.7. The van der Waals surface area contributed by atoms with Crippen LogP contribution in [0.1, 0.15) is 6.42 Å². The highest BCUT2D eigenvalue weighted by molar-refractivity contribution is 8.00. The molecule has 8 heteroatoms. The fourth-order valence-corrected chi connectivity index (χ4v) is 5.31. The maximum Gasteiger partial charge on any atom is 0.119 e. The lowest BCUT2D eigenvalue weighted by atomic mass is 9.78. The number of nitrogens with one attached hydrogen (secondary N) is 2. The van der Waals surface area contributed by atoms with Crippen molar-refractivity contribution in [3.63, 3.8) is 0 Å². The predicted octanol–water partition coefficient (Wildman–Crippen LogP) is 5.70. The van der Waals surface area contributed by atoms with E-state index in [0.29, 0.717) is 15.5 Å². The molecule has 2 saturated heterocycles. The number of fused-ring (bicyclic) bond motifs is 1. The van der Waals surface area contributed by atoms with Crippen molar-refractivity contribution >= 4 is 51.7 Å². The van der Waals surface area contributed by atoms with Gasteiger partial charge in [0.2, 0.25) is 0 Å². The summed E-state index contributed by atoms with van der Waals surface area (Å²) in [5.41, 5.74) is 2.33. The molecule has 5 rings (SSSR count). The first-order chi connectivity index (χ1) is 14.6. The molecule has 3 heterocycles. The van der Waals surface area contributed by atoms with Crippen LogP contribution in [0.25, 0.3) is 10.9 Å². The first-order valence-electron chi connectivity index (χ1n) is 10.0. The van der Waals surface area contributed by atoms with Gasteiger partial charge in [-0.15, -0.1) is 0 Å². The van der Waals surface area contributed by atoms with Gasteiger partial charge in [-0.1, -0.05) is 23.2 Å². The van der Waals surface area contributed by atoms with Crippen molar-refractivity contribution in [2.45, 2.75) is 11.3 Å². The van der Waals surface area contributed by atoms with Gasteiger partial charge in [0, 0.05) is 41.5 Å². The van der Waals surface area contributed by atoms with Crippen molar-refractivity contribution < 1.29 is 9.47 Å². The lowest BCUT2D eigenvalue weighted by Crippen LogP contribution is -2.65. The zero-order valence-electron chi connectivity index (χ0n) is 16.4. The van der Waals surface area contributed by atoms with Crippen molar-refractivity contribution in [3.8, 4) is 5.75 Å². The van der Waals surface area contributed by atoms with Gasteiger partial charge in [0.05, 0.1) is 41.1 Å². The Hall–Kier alpha value is -1.57. The summed E-state index contributed by atoms with van der Waals surface area (Å²) in [6.45, 7) is 6.09. The fourth-order valence-electron chi connectivity index (χ4n) is 4.08. The maximum absolute atomic E-state index is 6.25. The van der Waals surface area contributed by atoms with Crippen molar-refractivity contribution in [1.82, 2.24) is 9.88 Å². The Morgan fingerprint density at radius 3 is 2.63 bits per heavy atom. The van der Waals surface area contributed by atoms with Crippen LogP contribution in [-0.2, 0) is 4.74 Å². The summed E-state index contributed by atoms with van der Waals surface area (Å²) in [7, 11) is 0. The summed E-state index contributed by atoms with van der Waals surface area (Å²) in [6.07, 6.45) is 2.79. The summed E-state index contributed by atoms with van der Waals surface area (Å²) in [5.74, 6) is 0.900. The molecule has 158 valence electrons. The molecule has 2 aliphatic heterocycles. The number of hydrogen-bond acceptors (Lipinski definition) is 5. The van der Waals surface area contributed by atoms with Crippen molar-refractivity contribution in [2.75, 3.05) is 44.2 Å². The third-order valence-electron chi connectivity index (χ3n) is 5.66. The monoisotopic (exact) mass is 463 g/mol. The molecule has 0 amide bonds. The topological polar surface area (TPSA) is 49.5 Å². The van der Waals surface area contributed by atoms with Gasteiger partial charge in [-0.3, -0.25) is 0 Å². The van der Waals surface area contributed by atoms with Crippen LogP contribution in [0.4, 0.5) is 5.69 Å². The number of likely N-dealkylation sites (tertiary alicyclic amines) is 1. The number of benzene rings is 2. The van der Waals surface area contributed by atoms with Crippen molar-refractivity contribution in [2.24, 2.45) is 5.41 Å². The molecule has 0 unspecified atom stereocenters. The number of rotatable bonds is 8. The number of ether oxygens (including phenoxy) is 2. The Morgan fingerprint density at radius 1 is 1.10 bits per heavy atom. The van der Waals surface area contributed by atoms with Crippen molar-refractivity contribution in [3.05, 3.63) is 52.6 Å². The van der Waals surface area contributed by atoms with E-state index in [9.17, 15) is 0 Å². The molecule has 2 aliphatic rings. The third kappa shape index (κ3) is 4.12. The van der Waals surface area contributed by atoms with Crippen LogP contribution >= 0.6 is 35.1 Å². The van der Waals surface area contributed by atoms with Gasteiger partial charge in [0.1, 0.15) is 5.75 Å². The smallest absolute Gasteiger partial charge is 0.119 e. The molecule has 3 aromatic rings. The van der Waals surface area contributed by atoms with E-state index in [1.165, 1.54) is 25.0 Å². The molecule has 0 bridgehead atoms. The van der Waals surface area contributed by atoms with Crippen molar-refractivity contribution in [1.29, 1.82) is 0 Å². The summed E-state index contributed by atoms with van der Waals surface area (Å²) in [5, 5.41) is 2.09. The summed E-state index contributed by atoms with van der Waals surface area (Å²) < 4.78 is 14.6. The van der Waals surface area contributed by atoms with E-state index in [2.05, 4.69) is 26.7 Å². The average molecular weight is 464 g/mol. The Kier molecular flexibility index (Phi) is 5.77. The lowest BCUT2D eigenvalue weighted by Gasteiger charge is -2.55. The quantitative estimate of drug-likeness (QED) is 0.331. The molecule has 30 heavy (non-hydrogen) atoms. The van der Waals surface area contributed by atoms with E-state index >= 15 is 0 Å². The van der Waals surface area contributed by atoms with Crippen LogP contribution in [0.5, 0.6) is 5.75 Å². The second-order valence-corrected chi connectivity index (χ2v) is 9.76. The minimum Gasteiger partial charge on any atom is -0.494 e.